The van der Waals surface area contributed by atoms with Crippen molar-refractivity contribution in [3.63, 3.8) is 0 Å². The van der Waals surface area contributed by atoms with Crippen LogP contribution in [0.15, 0.2) is 40.3 Å². The van der Waals surface area contributed by atoms with Crippen molar-refractivity contribution in [3.8, 4) is 23.0 Å². The molecule has 1 N–H and O–H groups in total. The Bertz CT molecular complexity index is 1550. The van der Waals surface area contributed by atoms with Gasteiger partial charge >= 0.3 is 0 Å². The van der Waals surface area contributed by atoms with Gasteiger partial charge in [-0.2, -0.15) is 0 Å². The van der Waals surface area contributed by atoms with E-state index >= 15 is 0 Å². The minimum atomic E-state index is -0.419. The largest absolute Gasteiger partial charge is 0.454 e. The first-order chi connectivity index (χ1) is 20.5. The fourth-order valence-corrected chi connectivity index (χ4v) is 6.16. The summed E-state index contributed by atoms with van der Waals surface area (Å²) in [4.78, 5) is 46.4. The highest BCUT2D eigenvalue weighted by atomic mass is 32.2. The molecule has 3 aromatic rings. The Morgan fingerprint density at radius 2 is 1.71 bits per heavy atom. The molecule has 0 aliphatic carbocycles. The summed E-state index contributed by atoms with van der Waals surface area (Å²) in [5.74, 6) is 2.23. The average Bonchev–Trinajstić information content (AvgIpc) is 3.68. The zero-order valence-corrected chi connectivity index (χ0v) is 24.1. The zero-order valence-electron chi connectivity index (χ0n) is 23.3. The van der Waals surface area contributed by atoms with E-state index in [9.17, 15) is 14.4 Å². The SMILES string of the molecule is CC[C@@H](Sc1nc2cc3c(cc2c(=O)n1CCCC(=O)NCc1ccc2c(c1)OCO2)OCO3)C(=O)N1CCOCC1. The molecule has 0 radical (unpaired) electrons. The Morgan fingerprint density at radius 3 is 2.48 bits per heavy atom. The minimum absolute atomic E-state index is 0.000257. The van der Waals surface area contributed by atoms with E-state index in [2.05, 4.69) is 5.32 Å². The molecule has 4 heterocycles. The maximum atomic E-state index is 13.7. The number of morpholine rings is 1. The summed E-state index contributed by atoms with van der Waals surface area (Å²) in [6.07, 6.45) is 1.19. The van der Waals surface area contributed by atoms with Crippen LogP contribution in [0.2, 0.25) is 0 Å². The zero-order chi connectivity index (χ0) is 29.1. The van der Waals surface area contributed by atoms with Crippen molar-refractivity contribution in [1.29, 1.82) is 0 Å². The molecule has 0 saturated carbocycles. The van der Waals surface area contributed by atoms with Crippen molar-refractivity contribution in [1.82, 2.24) is 19.8 Å². The number of carbonyl (C=O) groups is 2. The van der Waals surface area contributed by atoms with E-state index in [1.165, 1.54) is 11.8 Å². The highest BCUT2D eigenvalue weighted by Gasteiger charge is 2.28. The van der Waals surface area contributed by atoms with Crippen LogP contribution in [0, 0.1) is 0 Å². The Labute approximate surface area is 246 Å². The number of hydrogen-bond acceptors (Lipinski definition) is 10. The van der Waals surface area contributed by atoms with Crippen LogP contribution < -0.4 is 29.8 Å². The lowest BCUT2D eigenvalue weighted by atomic mass is 10.2. The fourth-order valence-electron chi connectivity index (χ4n) is 5.04. The van der Waals surface area contributed by atoms with Crippen molar-refractivity contribution in [3.05, 3.63) is 46.2 Å². The number of amides is 2. The van der Waals surface area contributed by atoms with Crippen molar-refractivity contribution >= 4 is 34.5 Å². The molecule has 6 rings (SSSR count). The molecule has 3 aliphatic heterocycles. The number of ether oxygens (including phenoxy) is 5. The van der Waals surface area contributed by atoms with Crippen molar-refractivity contribution in [2.45, 2.75) is 49.7 Å². The van der Waals surface area contributed by atoms with E-state index in [0.717, 1.165) is 5.56 Å². The summed E-state index contributed by atoms with van der Waals surface area (Å²) in [5, 5.41) is 3.33. The van der Waals surface area contributed by atoms with Crippen LogP contribution in [-0.4, -0.2) is 71.4 Å². The second-order valence-corrected chi connectivity index (χ2v) is 11.3. The van der Waals surface area contributed by atoms with Crippen LogP contribution in [0.1, 0.15) is 31.7 Å². The van der Waals surface area contributed by atoms with Crippen LogP contribution in [0.3, 0.4) is 0 Å². The number of benzene rings is 2. The van der Waals surface area contributed by atoms with E-state index in [1.54, 1.807) is 21.6 Å². The lowest BCUT2D eigenvalue weighted by Gasteiger charge is -2.30. The first-order valence-electron chi connectivity index (χ1n) is 14.0. The molecule has 1 fully saturated rings. The first-order valence-corrected chi connectivity index (χ1v) is 14.9. The van der Waals surface area contributed by atoms with E-state index in [1.807, 2.05) is 25.1 Å². The van der Waals surface area contributed by atoms with Gasteiger partial charge in [-0.3, -0.25) is 19.0 Å². The van der Waals surface area contributed by atoms with E-state index in [4.69, 9.17) is 28.7 Å². The van der Waals surface area contributed by atoms with Gasteiger partial charge in [0.05, 0.1) is 29.4 Å². The van der Waals surface area contributed by atoms with Crippen LogP contribution in [0.5, 0.6) is 23.0 Å². The normalized spacial score (nSPS) is 16.1. The number of fused-ring (bicyclic) bond motifs is 3. The van der Waals surface area contributed by atoms with Crippen molar-refractivity contribution in [2.75, 3.05) is 39.9 Å². The van der Waals surface area contributed by atoms with Crippen molar-refractivity contribution in [2.24, 2.45) is 0 Å². The summed E-state index contributed by atoms with van der Waals surface area (Å²) in [7, 11) is 0. The first kappa shape index (κ1) is 28.2. The summed E-state index contributed by atoms with van der Waals surface area (Å²) in [6.45, 7) is 4.93. The molecular formula is C29H32N4O8S. The van der Waals surface area contributed by atoms with Crippen LogP contribution in [0.4, 0.5) is 0 Å². The van der Waals surface area contributed by atoms with Crippen molar-refractivity contribution < 1.29 is 33.3 Å². The molecule has 1 saturated heterocycles. The predicted molar refractivity (Wildman–Crippen MR) is 153 cm³/mol. The molecule has 42 heavy (non-hydrogen) atoms. The monoisotopic (exact) mass is 596 g/mol. The van der Waals surface area contributed by atoms with Gasteiger partial charge in [0.25, 0.3) is 5.56 Å². The Morgan fingerprint density at radius 1 is 1.00 bits per heavy atom. The van der Waals surface area contributed by atoms with E-state index in [-0.39, 0.29) is 43.9 Å². The molecule has 222 valence electrons. The summed E-state index contributed by atoms with van der Waals surface area (Å²) < 4.78 is 28.7. The second-order valence-electron chi connectivity index (χ2n) is 10.1. The van der Waals surface area contributed by atoms with Crippen LogP contribution in [0.25, 0.3) is 10.9 Å². The molecule has 0 unspecified atom stereocenters. The molecule has 3 aliphatic rings. The maximum Gasteiger partial charge on any atom is 0.262 e. The number of aromatic nitrogens is 2. The third kappa shape index (κ3) is 5.97. The van der Waals surface area contributed by atoms with Crippen LogP contribution in [-0.2, 0) is 27.4 Å². The molecule has 0 spiro atoms. The van der Waals surface area contributed by atoms with Gasteiger partial charge in [0.1, 0.15) is 0 Å². The summed E-state index contributed by atoms with van der Waals surface area (Å²) >= 11 is 1.28. The fraction of sp³-hybridized carbons (Fsp3) is 0.448. The third-order valence-electron chi connectivity index (χ3n) is 7.34. The lowest BCUT2D eigenvalue weighted by molar-refractivity contribution is -0.134. The van der Waals surface area contributed by atoms with Gasteiger partial charge in [-0.1, -0.05) is 24.8 Å². The van der Waals surface area contributed by atoms with Gasteiger partial charge in [0.15, 0.2) is 28.2 Å². The third-order valence-corrected chi connectivity index (χ3v) is 8.68. The Kier molecular flexibility index (Phi) is 8.38. The number of thioether (sulfide) groups is 1. The molecule has 2 amide bonds. The summed E-state index contributed by atoms with van der Waals surface area (Å²) in [6, 6.07) is 8.89. The number of nitrogens with zero attached hydrogens (tertiary/aromatic N) is 3. The second kappa shape index (κ2) is 12.5. The van der Waals surface area contributed by atoms with Gasteiger partial charge in [-0.05, 0) is 36.6 Å². The standard InChI is InChI=1S/C29H32N4O8S/c1-2-25(28(36)32-8-10-37-11-9-32)42-29-31-20-14-24-23(40-17-41-24)13-19(20)27(35)33(29)7-3-4-26(34)30-15-18-5-6-21-22(12-18)39-16-38-21/h5-6,12-14,25H,2-4,7-11,15-17H2,1H3,(H,30,34)/t25-/m1/s1. The van der Waals surface area contributed by atoms with Crippen LogP contribution >= 0.6 is 11.8 Å². The van der Waals surface area contributed by atoms with Gasteiger partial charge in [0.2, 0.25) is 25.4 Å². The quantitative estimate of drug-likeness (QED) is 0.275. The van der Waals surface area contributed by atoms with E-state index < -0.39 is 5.25 Å². The number of hydrogen-bond donors (Lipinski definition) is 1. The van der Waals surface area contributed by atoms with E-state index in [0.29, 0.717) is 84.7 Å². The number of rotatable bonds is 10. The average molecular weight is 597 g/mol. The Balaban J connectivity index is 1.18. The molecule has 1 aromatic heterocycles. The summed E-state index contributed by atoms with van der Waals surface area (Å²) in [5.41, 5.74) is 1.11. The molecule has 0 bridgehead atoms. The lowest BCUT2D eigenvalue weighted by Crippen LogP contribution is -2.44. The highest BCUT2D eigenvalue weighted by molar-refractivity contribution is 8.00. The smallest absolute Gasteiger partial charge is 0.262 e. The topological polar surface area (TPSA) is 130 Å². The van der Waals surface area contributed by atoms with Gasteiger partial charge in [-0.25, -0.2) is 4.98 Å². The molecular weight excluding hydrogens is 564 g/mol. The number of carbonyl (C=O) groups excluding carboxylic acids is 2. The highest BCUT2D eigenvalue weighted by Crippen LogP contribution is 2.36. The molecule has 1 atom stereocenters. The maximum absolute atomic E-state index is 13.7. The molecule has 2 aromatic carbocycles. The predicted octanol–water partition coefficient (Wildman–Crippen LogP) is 2.68. The van der Waals surface area contributed by atoms with Gasteiger partial charge in [-0.15, -0.1) is 0 Å². The molecule has 12 nitrogen and oxygen atoms in total. The molecule has 13 heteroatoms. The number of nitrogens with one attached hydrogen (secondary N) is 1. The minimum Gasteiger partial charge on any atom is -0.454 e. The van der Waals surface area contributed by atoms with Gasteiger partial charge < -0.3 is 33.9 Å². The Hall–Kier alpha value is -3.97. The van der Waals surface area contributed by atoms with Gasteiger partial charge in [0, 0.05) is 38.7 Å².